The molecule has 0 saturated carbocycles. The Kier molecular flexibility index (Phi) is 7.10. The number of aromatic amines is 1. The van der Waals surface area contributed by atoms with Gasteiger partial charge in [0.1, 0.15) is 24.6 Å². The van der Waals surface area contributed by atoms with Gasteiger partial charge in [-0.1, -0.05) is 0 Å². The lowest BCUT2D eigenvalue weighted by Crippen LogP contribution is -2.37. The SMILES string of the molecule is O=c1ccn([C@@H]2O[C@H](COP(=O)(O)O)[C@@H](O)[C@H]2O)c(=O)[nH]1.c1cncnc1. The number of rotatable bonds is 4. The lowest BCUT2D eigenvalue weighted by atomic mass is 10.1. The van der Waals surface area contributed by atoms with E-state index in [-0.39, 0.29) is 0 Å². The van der Waals surface area contributed by atoms with E-state index in [2.05, 4.69) is 14.5 Å². The highest BCUT2D eigenvalue weighted by Gasteiger charge is 2.44. The van der Waals surface area contributed by atoms with Crippen molar-refractivity contribution in [3.05, 3.63) is 57.9 Å². The van der Waals surface area contributed by atoms with Crippen molar-refractivity contribution in [2.45, 2.75) is 24.5 Å². The maximum Gasteiger partial charge on any atom is 0.469 e. The monoisotopic (exact) mass is 404 g/mol. The van der Waals surface area contributed by atoms with Crippen LogP contribution in [0.15, 0.2) is 46.6 Å². The zero-order valence-electron chi connectivity index (χ0n) is 13.6. The van der Waals surface area contributed by atoms with Gasteiger partial charge in [-0.25, -0.2) is 19.3 Å². The summed E-state index contributed by atoms with van der Waals surface area (Å²) >= 11 is 0. The highest BCUT2D eigenvalue weighted by Crippen LogP contribution is 2.38. The van der Waals surface area contributed by atoms with Gasteiger partial charge in [0.05, 0.1) is 6.61 Å². The third-order valence-corrected chi connectivity index (χ3v) is 3.83. The summed E-state index contributed by atoms with van der Waals surface area (Å²) in [7, 11) is -4.76. The number of phosphoric acid groups is 1. The van der Waals surface area contributed by atoms with Crippen LogP contribution in [0.25, 0.3) is 0 Å². The van der Waals surface area contributed by atoms with Gasteiger partial charge in [0.25, 0.3) is 5.56 Å². The minimum atomic E-state index is -4.76. The summed E-state index contributed by atoms with van der Waals surface area (Å²) in [4.78, 5) is 49.0. The average Bonchev–Trinajstić information content (AvgIpc) is 2.90. The molecule has 5 N–H and O–H groups in total. The standard InChI is InChI=1S/C9H13N2O9P.C4H4N2/c12-5-1-2-11(9(15)10-5)8-7(14)6(13)4(20-8)3-19-21(16,17)18;1-2-5-4-6-3-1/h1-2,4,6-8,13-14H,3H2,(H,10,12,15)(H2,16,17,18);1-4H/t4-,6-,7-,8-;/m1./s1. The van der Waals surface area contributed by atoms with E-state index in [4.69, 9.17) is 14.5 Å². The molecular weight excluding hydrogens is 387 g/mol. The fraction of sp³-hybridized carbons (Fsp3) is 0.385. The van der Waals surface area contributed by atoms with Crippen molar-refractivity contribution in [3.8, 4) is 0 Å². The summed E-state index contributed by atoms with van der Waals surface area (Å²) in [5.74, 6) is 0. The van der Waals surface area contributed by atoms with E-state index in [1.165, 1.54) is 6.33 Å². The fourth-order valence-electron chi connectivity index (χ4n) is 2.15. The Morgan fingerprint density at radius 3 is 2.37 bits per heavy atom. The largest absolute Gasteiger partial charge is 0.469 e. The Bertz CT molecular complexity index is 856. The molecule has 3 heterocycles. The molecule has 148 valence electrons. The second-order valence-corrected chi connectivity index (χ2v) is 6.49. The minimum absolute atomic E-state index is 0.648. The predicted octanol–water partition coefficient (Wildman–Crippen LogP) is -2.26. The van der Waals surface area contributed by atoms with Crippen LogP contribution in [0.2, 0.25) is 0 Å². The Labute approximate surface area is 151 Å². The first-order valence-corrected chi connectivity index (χ1v) is 8.95. The van der Waals surface area contributed by atoms with Gasteiger partial charge in [0, 0.05) is 24.7 Å². The number of nitrogens with zero attached hydrogens (tertiary/aromatic N) is 3. The van der Waals surface area contributed by atoms with Crippen molar-refractivity contribution in [2.75, 3.05) is 6.61 Å². The summed E-state index contributed by atoms with van der Waals surface area (Å²) in [5, 5.41) is 19.6. The molecule has 0 aliphatic carbocycles. The molecule has 0 bridgehead atoms. The highest BCUT2D eigenvalue weighted by molar-refractivity contribution is 7.46. The Morgan fingerprint density at radius 2 is 1.89 bits per heavy atom. The molecule has 27 heavy (non-hydrogen) atoms. The number of ether oxygens (including phenoxy) is 1. The van der Waals surface area contributed by atoms with Gasteiger partial charge in [0.2, 0.25) is 0 Å². The van der Waals surface area contributed by atoms with Gasteiger partial charge in [0.15, 0.2) is 6.23 Å². The molecule has 0 unspecified atom stereocenters. The quantitative estimate of drug-likeness (QED) is 0.345. The molecule has 0 spiro atoms. The molecule has 0 radical (unpaired) electrons. The zero-order valence-corrected chi connectivity index (χ0v) is 14.5. The summed E-state index contributed by atoms with van der Waals surface area (Å²) in [6.07, 6.45) is 0.291. The van der Waals surface area contributed by atoms with E-state index < -0.39 is 50.2 Å². The number of phosphoric ester groups is 1. The summed E-state index contributed by atoms with van der Waals surface area (Å²) in [6.45, 7) is -0.683. The van der Waals surface area contributed by atoms with Crippen LogP contribution in [0.3, 0.4) is 0 Å². The Morgan fingerprint density at radius 1 is 1.22 bits per heavy atom. The molecule has 13 nitrogen and oxygen atoms in total. The van der Waals surface area contributed by atoms with Crippen LogP contribution < -0.4 is 11.2 Å². The molecule has 2 aromatic heterocycles. The highest BCUT2D eigenvalue weighted by atomic mass is 31.2. The lowest BCUT2D eigenvalue weighted by molar-refractivity contribution is -0.0543. The van der Waals surface area contributed by atoms with Crippen molar-refractivity contribution >= 4 is 7.82 Å². The molecule has 3 rings (SSSR count). The number of aliphatic hydroxyl groups is 2. The van der Waals surface area contributed by atoms with Crippen LogP contribution in [0.5, 0.6) is 0 Å². The predicted molar refractivity (Wildman–Crippen MR) is 87.3 cm³/mol. The molecule has 4 atom stereocenters. The number of aromatic nitrogens is 4. The number of hydrogen-bond acceptors (Lipinski definition) is 9. The lowest BCUT2D eigenvalue weighted by Gasteiger charge is -2.16. The minimum Gasteiger partial charge on any atom is -0.387 e. The average molecular weight is 404 g/mol. The van der Waals surface area contributed by atoms with E-state index in [0.717, 1.165) is 16.8 Å². The van der Waals surface area contributed by atoms with Crippen molar-refractivity contribution in [1.82, 2.24) is 19.5 Å². The van der Waals surface area contributed by atoms with Gasteiger partial charge in [-0.2, -0.15) is 0 Å². The van der Waals surface area contributed by atoms with Crippen molar-refractivity contribution in [2.24, 2.45) is 0 Å². The van der Waals surface area contributed by atoms with E-state index in [0.29, 0.717) is 0 Å². The molecule has 2 aromatic rings. The van der Waals surface area contributed by atoms with Gasteiger partial charge < -0.3 is 24.7 Å². The van der Waals surface area contributed by atoms with Crippen LogP contribution in [0, 0.1) is 0 Å². The van der Waals surface area contributed by atoms with Crippen LogP contribution >= 0.6 is 7.82 Å². The molecule has 0 aromatic carbocycles. The Balaban J connectivity index is 0.000000369. The summed E-state index contributed by atoms with van der Waals surface area (Å²) in [5.41, 5.74) is -1.51. The first-order chi connectivity index (χ1) is 12.7. The maximum atomic E-state index is 11.6. The van der Waals surface area contributed by atoms with Crippen molar-refractivity contribution < 1.29 is 33.8 Å². The number of nitrogens with one attached hydrogen (secondary N) is 1. The number of aliphatic hydroxyl groups excluding tert-OH is 2. The van der Waals surface area contributed by atoms with Crippen LogP contribution in [0.1, 0.15) is 6.23 Å². The van der Waals surface area contributed by atoms with Crippen molar-refractivity contribution in [3.63, 3.8) is 0 Å². The second-order valence-electron chi connectivity index (χ2n) is 5.25. The van der Waals surface area contributed by atoms with E-state index >= 15 is 0 Å². The summed E-state index contributed by atoms with van der Waals surface area (Å²) < 4.78 is 20.8. The maximum absolute atomic E-state index is 11.6. The zero-order chi connectivity index (χ0) is 20.0. The van der Waals surface area contributed by atoms with Crippen molar-refractivity contribution in [1.29, 1.82) is 0 Å². The van der Waals surface area contributed by atoms with Gasteiger partial charge in [-0.3, -0.25) is 18.9 Å². The molecule has 14 heteroatoms. The van der Waals surface area contributed by atoms with E-state index in [1.54, 1.807) is 18.5 Å². The topological polar surface area (TPSA) is 197 Å². The number of hydrogen-bond donors (Lipinski definition) is 5. The van der Waals surface area contributed by atoms with Crippen LogP contribution in [0.4, 0.5) is 0 Å². The normalized spacial score (nSPS) is 24.9. The molecule has 1 aliphatic rings. The van der Waals surface area contributed by atoms with E-state index in [1.807, 2.05) is 4.98 Å². The second kappa shape index (κ2) is 9.10. The first-order valence-electron chi connectivity index (χ1n) is 7.42. The van der Waals surface area contributed by atoms with E-state index in [9.17, 15) is 24.4 Å². The third-order valence-electron chi connectivity index (χ3n) is 3.35. The smallest absolute Gasteiger partial charge is 0.387 e. The van der Waals surface area contributed by atoms with Gasteiger partial charge in [-0.15, -0.1) is 0 Å². The van der Waals surface area contributed by atoms with Crippen LogP contribution in [-0.4, -0.2) is 64.4 Å². The Hall–Kier alpha value is -2.25. The molecule has 1 fully saturated rings. The molecule has 1 saturated heterocycles. The molecule has 0 amide bonds. The molecule has 1 aliphatic heterocycles. The first kappa shape index (κ1) is 21.1. The number of H-pyrrole nitrogens is 1. The van der Waals surface area contributed by atoms with Gasteiger partial charge >= 0.3 is 13.5 Å². The third kappa shape index (κ3) is 6.15. The van der Waals surface area contributed by atoms with Gasteiger partial charge in [-0.05, 0) is 6.07 Å². The summed E-state index contributed by atoms with van der Waals surface area (Å²) in [6, 6.07) is 2.79. The molecular formula is C13H17N4O9P. The fourth-order valence-corrected chi connectivity index (χ4v) is 2.49. The van der Waals surface area contributed by atoms with Crippen LogP contribution in [-0.2, 0) is 13.8 Å².